The fourth-order valence-electron chi connectivity index (χ4n) is 7.28. The first-order valence-electron chi connectivity index (χ1n) is 25.8. The number of carbonyl (C=O) groups excluding carboxylic acids is 2. The van der Waals surface area contributed by atoms with Crippen molar-refractivity contribution in [1.82, 2.24) is 5.32 Å². The molecule has 0 aliphatic heterocycles. The Balaban J connectivity index is 5.52. The van der Waals surface area contributed by atoms with Crippen molar-refractivity contribution in [3.63, 3.8) is 0 Å². The third-order valence-electron chi connectivity index (χ3n) is 11.3. The van der Waals surface area contributed by atoms with E-state index >= 15 is 0 Å². The molecule has 0 aromatic rings. The van der Waals surface area contributed by atoms with Crippen LogP contribution in [0.5, 0.6) is 0 Å². The van der Waals surface area contributed by atoms with Gasteiger partial charge in [-0.05, 0) is 51.0 Å². The zero-order chi connectivity index (χ0) is 45.8. The number of nitrogens with one attached hydrogen (secondary N) is 1. The minimum absolute atomic E-state index is 0.0280. The molecule has 1 amide bonds. The number of hydrogen-bond acceptors (Lipinski definition) is 7. The molecule has 0 bridgehead atoms. The van der Waals surface area contributed by atoms with Crippen LogP contribution in [-0.2, 0) is 27.9 Å². The Morgan fingerprint density at radius 1 is 0.565 bits per heavy atom. The summed E-state index contributed by atoms with van der Waals surface area (Å²) in [5.41, 5.74) is 0. The van der Waals surface area contributed by atoms with Gasteiger partial charge in [-0.1, -0.05) is 205 Å². The fourth-order valence-corrected chi connectivity index (χ4v) is 8.00. The van der Waals surface area contributed by atoms with E-state index in [-0.39, 0.29) is 18.9 Å². The number of unbranched alkanes of at least 4 members (excludes halogenated alkanes) is 26. The highest BCUT2D eigenvalue weighted by Gasteiger charge is 2.27. The summed E-state index contributed by atoms with van der Waals surface area (Å²) >= 11 is 0. The second-order valence-electron chi connectivity index (χ2n) is 18.7. The van der Waals surface area contributed by atoms with E-state index in [9.17, 15) is 19.0 Å². The van der Waals surface area contributed by atoms with E-state index in [0.717, 1.165) is 51.4 Å². The molecule has 0 saturated carbocycles. The molecule has 0 aliphatic rings. The number of likely N-dealkylation sites (N-methyl/N-ethyl adjacent to an activating group) is 1. The minimum Gasteiger partial charge on any atom is -0.756 e. The van der Waals surface area contributed by atoms with Gasteiger partial charge in [0.25, 0.3) is 7.82 Å². The van der Waals surface area contributed by atoms with Gasteiger partial charge in [-0.2, -0.15) is 0 Å². The van der Waals surface area contributed by atoms with Gasteiger partial charge in [0, 0.05) is 12.8 Å². The third kappa shape index (κ3) is 43.5. The smallest absolute Gasteiger partial charge is 0.306 e. The van der Waals surface area contributed by atoms with Crippen molar-refractivity contribution in [3.8, 4) is 0 Å². The van der Waals surface area contributed by atoms with E-state index < -0.39 is 32.5 Å². The summed E-state index contributed by atoms with van der Waals surface area (Å²) in [6.07, 6.45) is 48.4. The van der Waals surface area contributed by atoms with E-state index in [2.05, 4.69) is 44.3 Å². The van der Waals surface area contributed by atoms with Crippen LogP contribution in [0, 0.1) is 0 Å². The standard InChI is InChI=1S/C52H99N2O7P/c1-7-10-13-16-19-22-25-27-30-33-36-39-42-45-52(56)61-50(43-40-37-34-31-29-26-23-20-17-14-11-8-2)49(48-60-62(57,58)59-47-46-54(4,5)6)53-51(55)44-41-38-35-32-28-24-21-18-15-12-9-3/h27,30,36,39-40,43,49-50H,7-26,28-29,31-35,37-38,41-42,44-48H2,1-6H3,(H-,53,55,57,58)/b30-27-,39-36+,43-40+. The summed E-state index contributed by atoms with van der Waals surface area (Å²) in [6.45, 7) is 6.77. The molecule has 1 N–H and O–H groups in total. The molecule has 10 heteroatoms. The SMILES string of the molecule is CCCCCCCC/C=C\C/C=C/CCC(=O)OC(/C=C/CCCCCCCCCCCC)C(COP(=O)([O-])OCC[N+](C)(C)C)NC(=O)CCCCCCCCCCCCC. The van der Waals surface area contributed by atoms with E-state index in [4.69, 9.17) is 13.8 Å². The van der Waals surface area contributed by atoms with Crippen molar-refractivity contribution in [3.05, 3.63) is 36.5 Å². The van der Waals surface area contributed by atoms with E-state index in [1.165, 1.54) is 141 Å². The highest BCUT2D eigenvalue weighted by molar-refractivity contribution is 7.45. The van der Waals surface area contributed by atoms with Crippen LogP contribution >= 0.6 is 7.82 Å². The number of phosphoric ester groups is 1. The maximum absolute atomic E-state index is 13.4. The molecule has 0 aromatic heterocycles. The molecule has 0 rings (SSSR count). The van der Waals surface area contributed by atoms with E-state index in [0.29, 0.717) is 23.9 Å². The molecule has 0 spiro atoms. The molecule has 9 nitrogen and oxygen atoms in total. The highest BCUT2D eigenvalue weighted by atomic mass is 31.2. The molecule has 364 valence electrons. The van der Waals surface area contributed by atoms with Crippen molar-refractivity contribution in [2.75, 3.05) is 40.9 Å². The number of quaternary nitrogens is 1. The number of amides is 1. The highest BCUT2D eigenvalue weighted by Crippen LogP contribution is 2.38. The number of carbonyl (C=O) groups is 2. The minimum atomic E-state index is -4.69. The van der Waals surface area contributed by atoms with Gasteiger partial charge in [-0.25, -0.2) is 0 Å². The molecule has 0 aliphatic carbocycles. The summed E-state index contributed by atoms with van der Waals surface area (Å²) in [6, 6.07) is -0.903. The summed E-state index contributed by atoms with van der Waals surface area (Å²) in [7, 11) is 1.16. The van der Waals surface area contributed by atoms with Crippen LogP contribution < -0.4 is 10.2 Å². The fraction of sp³-hybridized carbons (Fsp3) is 0.846. The lowest BCUT2D eigenvalue weighted by Crippen LogP contribution is -2.47. The van der Waals surface area contributed by atoms with Gasteiger partial charge in [0.1, 0.15) is 19.3 Å². The largest absolute Gasteiger partial charge is 0.756 e. The van der Waals surface area contributed by atoms with E-state index in [1.807, 2.05) is 33.3 Å². The average Bonchev–Trinajstić information content (AvgIpc) is 3.22. The first-order valence-corrected chi connectivity index (χ1v) is 27.3. The number of rotatable bonds is 46. The van der Waals surface area contributed by atoms with Gasteiger partial charge >= 0.3 is 5.97 Å². The summed E-state index contributed by atoms with van der Waals surface area (Å²) < 4.78 is 30.0. The number of phosphoric acid groups is 1. The molecule has 62 heavy (non-hydrogen) atoms. The van der Waals surface area contributed by atoms with Gasteiger partial charge < -0.3 is 28.5 Å². The van der Waals surface area contributed by atoms with Crippen molar-refractivity contribution >= 4 is 19.7 Å². The number of allylic oxidation sites excluding steroid dienone is 5. The Hall–Kier alpha value is -1.77. The molecule has 0 heterocycles. The van der Waals surface area contributed by atoms with Gasteiger partial charge in [0.05, 0.1) is 33.8 Å². The zero-order valence-corrected chi connectivity index (χ0v) is 42.2. The van der Waals surface area contributed by atoms with Crippen molar-refractivity contribution in [2.45, 2.75) is 245 Å². The number of ether oxygens (including phenoxy) is 1. The maximum atomic E-state index is 13.4. The molecule has 0 fully saturated rings. The summed E-state index contributed by atoms with van der Waals surface area (Å²) in [5, 5.41) is 2.99. The lowest BCUT2D eigenvalue weighted by atomic mass is 10.0. The Bertz CT molecular complexity index is 1170. The predicted octanol–water partition coefficient (Wildman–Crippen LogP) is 14.2. The van der Waals surface area contributed by atoms with Crippen LogP contribution in [0.15, 0.2) is 36.5 Å². The van der Waals surface area contributed by atoms with Gasteiger partial charge in [-0.15, -0.1) is 0 Å². The molecule has 0 saturated heterocycles. The van der Waals surface area contributed by atoms with Crippen LogP contribution in [0.1, 0.15) is 233 Å². The summed E-state index contributed by atoms with van der Waals surface area (Å²) in [4.78, 5) is 39.5. The number of nitrogens with zero attached hydrogens (tertiary/aromatic N) is 1. The van der Waals surface area contributed by atoms with Crippen LogP contribution in [0.3, 0.4) is 0 Å². The van der Waals surface area contributed by atoms with Gasteiger partial charge in [0.15, 0.2) is 0 Å². The van der Waals surface area contributed by atoms with Crippen molar-refractivity contribution < 1.29 is 37.3 Å². The average molecular weight is 895 g/mol. The topological polar surface area (TPSA) is 114 Å². The number of hydrogen-bond donors (Lipinski definition) is 1. The molecular weight excluding hydrogens is 796 g/mol. The Morgan fingerprint density at radius 2 is 1.00 bits per heavy atom. The monoisotopic (exact) mass is 895 g/mol. The van der Waals surface area contributed by atoms with Gasteiger partial charge in [0.2, 0.25) is 5.91 Å². The zero-order valence-electron chi connectivity index (χ0n) is 41.3. The van der Waals surface area contributed by atoms with E-state index in [1.54, 1.807) is 6.08 Å². The third-order valence-corrected chi connectivity index (χ3v) is 12.3. The maximum Gasteiger partial charge on any atom is 0.306 e. The Kier molecular flexibility index (Phi) is 41.9. The van der Waals surface area contributed by atoms with Crippen molar-refractivity contribution in [2.24, 2.45) is 0 Å². The lowest BCUT2D eigenvalue weighted by molar-refractivity contribution is -0.870. The second-order valence-corrected chi connectivity index (χ2v) is 20.1. The molecule has 3 atom stereocenters. The van der Waals surface area contributed by atoms with Crippen molar-refractivity contribution in [1.29, 1.82) is 0 Å². The van der Waals surface area contributed by atoms with Gasteiger partial charge in [-0.3, -0.25) is 14.2 Å². The molecular formula is C52H99N2O7P. The first kappa shape index (κ1) is 60.2. The van der Waals surface area contributed by atoms with Crippen LogP contribution in [0.25, 0.3) is 0 Å². The molecule has 3 unspecified atom stereocenters. The van der Waals surface area contributed by atoms with Crippen LogP contribution in [0.2, 0.25) is 0 Å². The lowest BCUT2D eigenvalue weighted by Gasteiger charge is -2.30. The molecule has 0 radical (unpaired) electrons. The van der Waals surface area contributed by atoms with Crippen LogP contribution in [0.4, 0.5) is 0 Å². The summed E-state index contributed by atoms with van der Waals surface area (Å²) in [5.74, 6) is -0.617. The quantitative estimate of drug-likeness (QED) is 0.0213. The first-order chi connectivity index (χ1) is 29.9. The normalized spacial score (nSPS) is 14.2. The van der Waals surface area contributed by atoms with Crippen LogP contribution in [-0.4, -0.2) is 69.4 Å². The Labute approximate surface area is 383 Å². The predicted molar refractivity (Wildman–Crippen MR) is 261 cm³/mol. The Morgan fingerprint density at radius 3 is 1.48 bits per heavy atom. The second kappa shape index (κ2) is 43.1. The molecule has 0 aromatic carbocycles. The number of esters is 1.